The van der Waals surface area contributed by atoms with Crippen LogP contribution in [-0.2, 0) is 5.75 Å². The average Bonchev–Trinajstić information content (AvgIpc) is 2.85. The van der Waals surface area contributed by atoms with E-state index < -0.39 is 0 Å². The van der Waals surface area contributed by atoms with Crippen LogP contribution in [0.5, 0.6) is 5.75 Å². The minimum Gasteiger partial charge on any atom is -0.497 e. The Morgan fingerprint density at radius 1 is 1.24 bits per heavy atom. The highest BCUT2D eigenvalue weighted by Gasteiger charge is 2.02. The summed E-state index contributed by atoms with van der Waals surface area (Å²) in [5.74, 6) is 2.72. The molecule has 0 unspecified atom stereocenters. The molecule has 3 nitrogen and oxygen atoms in total. The fourth-order valence-electron chi connectivity index (χ4n) is 1.36. The summed E-state index contributed by atoms with van der Waals surface area (Å²) in [6.07, 6.45) is 0.710. The van der Waals surface area contributed by atoms with Gasteiger partial charge in [0.25, 0.3) is 0 Å². The first-order valence-electron chi connectivity index (χ1n) is 5.12. The lowest BCUT2D eigenvalue weighted by Crippen LogP contribution is -1.81. The molecule has 0 saturated carbocycles. The third kappa shape index (κ3) is 3.14. The largest absolute Gasteiger partial charge is 0.497 e. The molecule has 1 heterocycles. The van der Waals surface area contributed by atoms with Crippen molar-refractivity contribution in [3.63, 3.8) is 0 Å². The zero-order valence-corrected chi connectivity index (χ0v) is 10.2. The smallest absolute Gasteiger partial charge is 0.185 e. The van der Waals surface area contributed by atoms with Crippen LogP contribution in [0.25, 0.3) is 0 Å². The average molecular weight is 248 g/mol. The van der Waals surface area contributed by atoms with Crippen molar-refractivity contribution in [1.29, 1.82) is 0 Å². The summed E-state index contributed by atoms with van der Waals surface area (Å²) < 4.78 is 10.4. The van der Waals surface area contributed by atoms with Crippen molar-refractivity contribution in [3.05, 3.63) is 47.9 Å². The molecule has 0 N–H and O–H groups in total. The first-order chi connectivity index (χ1) is 8.31. The zero-order chi connectivity index (χ0) is 12.1. The van der Waals surface area contributed by atoms with E-state index in [-0.39, 0.29) is 0 Å². The predicted octanol–water partition coefficient (Wildman–Crippen LogP) is 3.39. The van der Waals surface area contributed by atoms with E-state index in [4.69, 9.17) is 9.15 Å². The van der Waals surface area contributed by atoms with Gasteiger partial charge in [0.1, 0.15) is 11.5 Å². The number of aldehydes is 1. The van der Waals surface area contributed by atoms with Crippen molar-refractivity contribution in [2.24, 2.45) is 0 Å². The molecule has 1 aromatic carbocycles. The number of carbonyl (C=O) groups is 1. The van der Waals surface area contributed by atoms with E-state index in [0.717, 1.165) is 16.4 Å². The van der Waals surface area contributed by atoms with Crippen molar-refractivity contribution in [2.45, 2.75) is 10.6 Å². The Kier molecular flexibility index (Phi) is 3.88. The van der Waals surface area contributed by atoms with Crippen molar-refractivity contribution in [3.8, 4) is 5.75 Å². The third-order valence-electron chi connectivity index (χ3n) is 2.24. The molecule has 2 aromatic rings. The number of ether oxygens (including phenoxy) is 1. The molecule has 17 heavy (non-hydrogen) atoms. The van der Waals surface area contributed by atoms with Gasteiger partial charge >= 0.3 is 0 Å². The highest BCUT2D eigenvalue weighted by atomic mass is 32.2. The van der Waals surface area contributed by atoms with E-state index in [9.17, 15) is 4.79 Å². The van der Waals surface area contributed by atoms with Crippen LogP contribution in [0.4, 0.5) is 0 Å². The number of thioether (sulfide) groups is 1. The third-order valence-corrected chi connectivity index (χ3v) is 3.27. The molecule has 0 aliphatic carbocycles. The molecule has 0 aliphatic heterocycles. The van der Waals surface area contributed by atoms with Crippen LogP contribution >= 0.6 is 11.8 Å². The molecule has 2 rings (SSSR count). The Balaban J connectivity index is 1.94. The zero-order valence-electron chi connectivity index (χ0n) is 9.38. The lowest BCUT2D eigenvalue weighted by Gasteiger charge is -2.01. The van der Waals surface area contributed by atoms with E-state index >= 15 is 0 Å². The Hall–Kier alpha value is -1.68. The van der Waals surface area contributed by atoms with Crippen LogP contribution in [0, 0.1) is 0 Å². The van der Waals surface area contributed by atoms with Crippen LogP contribution < -0.4 is 4.74 Å². The maximum absolute atomic E-state index is 10.5. The van der Waals surface area contributed by atoms with Crippen LogP contribution in [0.2, 0.25) is 0 Å². The number of methoxy groups -OCH3 is 1. The summed E-state index contributed by atoms with van der Waals surface area (Å²) in [6.45, 7) is 0. The Morgan fingerprint density at radius 3 is 2.59 bits per heavy atom. The fourth-order valence-corrected chi connectivity index (χ4v) is 2.15. The Morgan fingerprint density at radius 2 is 2.00 bits per heavy atom. The number of hydrogen-bond donors (Lipinski definition) is 0. The van der Waals surface area contributed by atoms with Crippen molar-refractivity contribution in [1.82, 2.24) is 0 Å². The summed E-state index contributed by atoms with van der Waals surface area (Å²) in [6, 6.07) is 11.3. The van der Waals surface area contributed by atoms with Crippen molar-refractivity contribution >= 4 is 18.0 Å². The van der Waals surface area contributed by atoms with E-state index in [1.54, 1.807) is 24.9 Å². The first kappa shape index (κ1) is 11.8. The second kappa shape index (κ2) is 5.59. The molecular weight excluding hydrogens is 236 g/mol. The summed E-state index contributed by atoms with van der Waals surface area (Å²) in [5, 5.41) is 0. The molecule has 0 bridgehead atoms. The molecule has 0 saturated heterocycles. The maximum Gasteiger partial charge on any atom is 0.185 e. The van der Waals surface area contributed by atoms with Crippen LogP contribution in [0.15, 0.2) is 45.7 Å². The summed E-state index contributed by atoms with van der Waals surface area (Å²) in [7, 11) is 1.64. The summed E-state index contributed by atoms with van der Waals surface area (Å²) >= 11 is 1.65. The molecule has 0 amide bonds. The molecule has 0 atom stereocenters. The van der Waals surface area contributed by atoms with Gasteiger partial charge in [-0.2, -0.15) is 0 Å². The minimum absolute atomic E-state index is 0.371. The highest BCUT2D eigenvalue weighted by Crippen LogP contribution is 2.25. The number of carbonyl (C=O) groups excluding carboxylic acids is 1. The van der Waals surface area contributed by atoms with Crippen molar-refractivity contribution in [2.75, 3.05) is 7.11 Å². The Labute approximate surface area is 104 Å². The molecule has 0 fully saturated rings. The maximum atomic E-state index is 10.5. The van der Waals surface area contributed by atoms with Gasteiger partial charge in [-0.25, -0.2) is 0 Å². The second-order valence-corrected chi connectivity index (χ2v) is 4.43. The molecule has 0 spiro atoms. The molecule has 1 aromatic heterocycles. The van der Waals surface area contributed by atoms with Gasteiger partial charge in [-0.15, -0.1) is 11.8 Å². The van der Waals surface area contributed by atoms with Gasteiger partial charge in [0.05, 0.1) is 12.9 Å². The van der Waals surface area contributed by atoms with Gasteiger partial charge in [-0.05, 0) is 36.4 Å². The summed E-state index contributed by atoms with van der Waals surface area (Å²) in [4.78, 5) is 11.6. The minimum atomic E-state index is 0.371. The molecule has 0 aliphatic rings. The quantitative estimate of drug-likeness (QED) is 0.600. The van der Waals surface area contributed by atoms with Crippen LogP contribution in [-0.4, -0.2) is 13.4 Å². The van der Waals surface area contributed by atoms with Gasteiger partial charge in [0.2, 0.25) is 0 Å². The molecular formula is C13H12O3S. The lowest BCUT2D eigenvalue weighted by molar-refractivity contribution is 0.109. The molecule has 0 radical (unpaired) electrons. The Bertz CT molecular complexity index is 488. The van der Waals surface area contributed by atoms with Gasteiger partial charge < -0.3 is 9.15 Å². The molecule has 88 valence electrons. The van der Waals surface area contributed by atoms with Crippen LogP contribution in [0.3, 0.4) is 0 Å². The van der Waals surface area contributed by atoms with Gasteiger partial charge in [-0.1, -0.05) is 0 Å². The summed E-state index contributed by atoms with van der Waals surface area (Å²) in [5.41, 5.74) is 0. The molecule has 4 heteroatoms. The first-order valence-corrected chi connectivity index (χ1v) is 6.11. The fraction of sp³-hybridized carbons (Fsp3) is 0.154. The number of benzene rings is 1. The predicted molar refractivity (Wildman–Crippen MR) is 66.7 cm³/mol. The lowest BCUT2D eigenvalue weighted by atomic mass is 10.3. The van der Waals surface area contributed by atoms with Crippen LogP contribution in [0.1, 0.15) is 16.3 Å². The van der Waals surface area contributed by atoms with Crippen molar-refractivity contribution < 1.29 is 13.9 Å². The second-order valence-electron chi connectivity index (χ2n) is 3.39. The van der Waals surface area contributed by atoms with Gasteiger partial charge in [0.15, 0.2) is 12.0 Å². The highest BCUT2D eigenvalue weighted by molar-refractivity contribution is 7.98. The normalized spacial score (nSPS) is 10.2. The van der Waals surface area contributed by atoms with E-state index in [0.29, 0.717) is 17.8 Å². The topological polar surface area (TPSA) is 39.4 Å². The van der Waals surface area contributed by atoms with E-state index in [1.165, 1.54) is 0 Å². The number of rotatable bonds is 5. The van der Waals surface area contributed by atoms with E-state index in [1.807, 2.05) is 30.3 Å². The van der Waals surface area contributed by atoms with E-state index in [2.05, 4.69) is 0 Å². The standard InChI is InChI=1S/C13H12O3S/c1-15-10-4-6-13(7-5-10)17-9-12-3-2-11(8-14)16-12/h2-8H,9H2,1H3. The number of furan rings is 1. The SMILES string of the molecule is COc1ccc(SCc2ccc(C=O)o2)cc1. The van der Waals surface area contributed by atoms with Gasteiger partial charge in [0, 0.05) is 4.90 Å². The monoisotopic (exact) mass is 248 g/mol. The number of hydrogen-bond acceptors (Lipinski definition) is 4. The van der Waals surface area contributed by atoms with Gasteiger partial charge in [-0.3, -0.25) is 4.79 Å².